The molecule has 4 aromatic rings. The van der Waals surface area contributed by atoms with Gasteiger partial charge in [-0.15, -0.1) is 11.8 Å². The fourth-order valence-corrected chi connectivity index (χ4v) is 5.35. The molecule has 0 saturated carbocycles. The number of nitrogens with zero attached hydrogens (tertiary/aromatic N) is 2. The molecule has 4 nitrogen and oxygen atoms in total. The van der Waals surface area contributed by atoms with Gasteiger partial charge in [-0.3, -0.25) is 4.90 Å². The summed E-state index contributed by atoms with van der Waals surface area (Å²) in [7, 11) is 2.07. The van der Waals surface area contributed by atoms with E-state index in [4.69, 9.17) is 16.0 Å². The first kappa shape index (κ1) is 22.2. The maximum atomic E-state index is 11.8. The Morgan fingerprint density at radius 1 is 0.970 bits per heavy atom. The highest BCUT2D eigenvalue weighted by Crippen LogP contribution is 2.50. The van der Waals surface area contributed by atoms with Crippen molar-refractivity contribution >= 4 is 23.4 Å². The SMILES string of the molecule is CN(CCCSc1ccc(Cl)cc1)Cc1cnc(C2(O)c3ccccc3-c3ccccc32)o1. The van der Waals surface area contributed by atoms with E-state index in [1.807, 2.05) is 72.4 Å². The van der Waals surface area contributed by atoms with Crippen LogP contribution in [0.25, 0.3) is 11.1 Å². The fraction of sp³-hybridized carbons (Fsp3) is 0.222. The van der Waals surface area contributed by atoms with Crippen LogP contribution in [-0.2, 0) is 12.1 Å². The van der Waals surface area contributed by atoms with E-state index in [0.717, 1.165) is 51.8 Å². The molecular formula is C27H25ClN2O2S. The quantitative estimate of drug-likeness (QED) is 0.242. The molecule has 1 N–H and O–H groups in total. The van der Waals surface area contributed by atoms with Gasteiger partial charge in [0.25, 0.3) is 0 Å². The summed E-state index contributed by atoms with van der Waals surface area (Å²) in [5.74, 6) is 2.09. The summed E-state index contributed by atoms with van der Waals surface area (Å²) in [6.07, 6.45) is 2.78. The molecule has 1 aliphatic rings. The van der Waals surface area contributed by atoms with Crippen molar-refractivity contribution in [3.63, 3.8) is 0 Å². The standard InChI is InChI=1S/C27H25ClN2O2S/c1-30(15-6-16-33-21-13-11-19(28)12-14-21)18-20-17-29-26(32-20)27(31)24-9-4-2-7-22(24)23-8-3-5-10-25(23)27/h2-5,7-14,17,31H,6,15-16,18H2,1H3. The van der Waals surface area contributed by atoms with E-state index in [0.29, 0.717) is 12.4 Å². The van der Waals surface area contributed by atoms with E-state index in [1.165, 1.54) is 4.90 Å². The van der Waals surface area contributed by atoms with E-state index in [2.05, 4.69) is 29.1 Å². The highest BCUT2D eigenvalue weighted by Gasteiger charge is 2.46. The first-order chi connectivity index (χ1) is 16.1. The fourth-order valence-electron chi connectivity index (χ4n) is 4.39. The van der Waals surface area contributed by atoms with Crippen molar-refractivity contribution in [3.8, 4) is 11.1 Å². The Hall–Kier alpha value is -2.57. The van der Waals surface area contributed by atoms with Gasteiger partial charge in [0.1, 0.15) is 5.76 Å². The molecular weight excluding hydrogens is 452 g/mol. The summed E-state index contributed by atoms with van der Waals surface area (Å²) in [6.45, 7) is 1.57. The lowest BCUT2D eigenvalue weighted by atomic mass is 9.91. The lowest BCUT2D eigenvalue weighted by Crippen LogP contribution is -2.26. The van der Waals surface area contributed by atoms with Gasteiger partial charge in [-0.2, -0.15) is 0 Å². The molecule has 0 radical (unpaired) electrons. The average molecular weight is 477 g/mol. The lowest BCUT2D eigenvalue weighted by Gasteiger charge is -2.22. The topological polar surface area (TPSA) is 49.5 Å². The van der Waals surface area contributed by atoms with Crippen molar-refractivity contribution in [2.45, 2.75) is 23.5 Å². The number of oxazole rings is 1. The van der Waals surface area contributed by atoms with Gasteiger partial charge in [0, 0.05) is 21.0 Å². The molecule has 33 heavy (non-hydrogen) atoms. The Kier molecular flexibility index (Phi) is 6.30. The minimum Gasteiger partial charge on any atom is -0.441 e. The van der Waals surface area contributed by atoms with Gasteiger partial charge in [0.2, 0.25) is 5.89 Å². The van der Waals surface area contributed by atoms with Crippen LogP contribution in [0.5, 0.6) is 0 Å². The molecule has 0 atom stereocenters. The highest BCUT2D eigenvalue weighted by atomic mass is 35.5. The van der Waals surface area contributed by atoms with E-state index < -0.39 is 5.60 Å². The van der Waals surface area contributed by atoms with Crippen LogP contribution >= 0.6 is 23.4 Å². The summed E-state index contributed by atoms with van der Waals surface area (Å²) in [5, 5.41) is 12.6. The van der Waals surface area contributed by atoms with Crippen LogP contribution in [0.2, 0.25) is 5.02 Å². The van der Waals surface area contributed by atoms with Crippen LogP contribution in [0.1, 0.15) is 29.2 Å². The number of rotatable bonds is 8. The maximum Gasteiger partial charge on any atom is 0.236 e. The van der Waals surface area contributed by atoms with E-state index in [-0.39, 0.29) is 0 Å². The Bertz CT molecular complexity index is 1210. The lowest BCUT2D eigenvalue weighted by molar-refractivity contribution is 0.0945. The molecule has 5 rings (SSSR count). The number of thioether (sulfide) groups is 1. The molecule has 0 saturated heterocycles. The van der Waals surface area contributed by atoms with Crippen molar-refractivity contribution in [1.82, 2.24) is 9.88 Å². The second kappa shape index (κ2) is 9.35. The normalized spacial score (nSPS) is 13.8. The van der Waals surface area contributed by atoms with Crippen LogP contribution in [-0.4, -0.2) is 34.3 Å². The van der Waals surface area contributed by atoms with Crippen molar-refractivity contribution in [2.75, 3.05) is 19.3 Å². The van der Waals surface area contributed by atoms with E-state index in [1.54, 1.807) is 6.20 Å². The van der Waals surface area contributed by atoms with Gasteiger partial charge >= 0.3 is 0 Å². The van der Waals surface area contributed by atoms with E-state index in [9.17, 15) is 5.11 Å². The monoisotopic (exact) mass is 476 g/mol. The number of benzene rings is 3. The van der Waals surface area contributed by atoms with Crippen molar-refractivity contribution in [2.24, 2.45) is 0 Å². The van der Waals surface area contributed by atoms with Crippen LogP contribution in [0, 0.1) is 0 Å². The zero-order valence-electron chi connectivity index (χ0n) is 18.4. The summed E-state index contributed by atoms with van der Waals surface area (Å²) >= 11 is 7.78. The van der Waals surface area contributed by atoms with Gasteiger partial charge in [-0.05, 0) is 61.2 Å². The van der Waals surface area contributed by atoms with E-state index >= 15 is 0 Å². The minimum atomic E-state index is -1.38. The number of hydrogen-bond acceptors (Lipinski definition) is 5. The van der Waals surface area contributed by atoms with Gasteiger partial charge in [-0.25, -0.2) is 4.98 Å². The average Bonchev–Trinajstić information content (AvgIpc) is 3.40. The molecule has 3 aromatic carbocycles. The van der Waals surface area contributed by atoms with Crippen LogP contribution in [0.15, 0.2) is 88.3 Å². The van der Waals surface area contributed by atoms with Crippen LogP contribution in [0.3, 0.4) is 0 Å². The Labute approximate surface area is 203 Å². The molecule has 0 aliphatic heterocycles. The third-order valence-electron chi connectivity index (χ3n) is 5.98. The Morgan fingerprint density at radius 2 is 1.61 bits per heavy atom. The first-order valence-electron chi connectivity index (χ1n) is 11.0. The summed E-state index contributed by atoms with van der Waals surface area (Å²) in [4.78, 5) is 7.95. The molecule has 0 bridgehead atoms. The molecule has 1 aliphatic carbocycles. The zero-order chi connectivity index (χ0) is 22.8. The van der Waals surface area contributed by atoms with Crippen LogP contribution < -0.4 is 0 Å². The molecule has 1 aromatic heterocycles. The summed E-state index contributed by atoms with van der Waals surface area (Å²) < 4.78 is 6.12. The Morgan fingerprint density at radius 3 is 2.27 bits per heavy atom. The largest absolute Gasteiger partial charge is 0.441 e. The summed E-state index contributed by atoms with van der Waals surface area (Å²) in [6, 6.07) is 23.8. The summed E-state index contributed by atoms with van der Waals surface area (Å²) in [5.41, 5.74) is 2.29. The number of aliphatic hydroxyl groups is 1. The van der Waals surface area contributed by atoms with Crippen molar-refractivity contribution in [1.29, 1.82) is 0 Å². The predicted molar refractivity (Wildman–Crippen MR) is 134 cm³/mol. The van der Waals surface area contributed by atoms with Gasteiger partial charge < -0.3 is 9.52 Å². The van der Waals surface area contributed by atoms with Crippen molar-refractivity contribution < 1.29 is 9.52 Å². The molecule has 1 heterocycles. The van der Waals surface area contributed by atoms with Gasteiger partial charge in [0.15, 0.2) is 5.60 Å². The zero-order valence-corrected chi connectivity index (χ0v) is 19.9. The number of aromatic nitrogens is 1. The number of fused-ring (bicyclic) bond motifs is 3. The molecule has 0 fully saturated rings. The molecule has 0 unspecified atom stereocenters. The molecule has 0 spiro atoms. The second-order valence-electron chi connectivity index (χ2n) is 8.33. The molecule has 6 heteroatoms. The molecule has 0 amide bonds. The van der Waals surface area contributed by atoms with Crippen molar-refractivity contribution in [3.05, 3.63) is 107 Å². The predicted octanol–water partition coefficient (Wildman–Crippen LogP) is 6.21. The smallest absolute Gasteiger partial charge is 0.236 e. The van der Waals surface area contributed by atoms with Gasteiger partial charge in [-0.1, -0.05) is 60.1 Å². The van der Waals surface area contributed by atoms with Gasteiger partial charge in [0.05, 0.1) is 12.7 Å². The molecule has 168 valence electrons. The second-order valence-corrected chi connectivity index (χ2v) is 9.93. The number of hydrogen-bond donors (Lipinski definition) is 1. The first-order valence-corrected chi connectivity index (χ1v) is 12.4. The third-order valence-corrected chi connectivity index (χ3v) is 7.33. The Balaban J connectivity index is 1.24. The number of halogens is 1. The minimum absolute atomic E-state index is 0.321. The maximum absolute atomic E-state index is 11.8. The van der Waals surface area contributed by atoms with Crippen LogP contribution in [0.4, 0.5) is 0 Å². The third kappa shape index (κ3) is 4.34. The highest BCUT2D eigenvalue weighted by molar-refractivity contribution is 7.99.